The molecule has 0 atom stereocenters. The maximum absolute atomic E-state index is 6.40. The molecule has 0 radical (unpaired) electrons. The summed E-state index contributed by atoms with van der Waals surface area (Å²) in [4.78, 5) is 3.83. The lowest BCUT2D eigenvalue weighted by atomic mass is 10.8. The summed E-state index contributed by atoms with van der Waals surface area (Å²) in [5, 5.41) is 6.40. The van der Waals surface area contributed by atoms with Gasteiger partial charge in [0.15, 0.2) is 0 Å². The summed E-state index contributed by atoms with van der Waals surface area (Å²) in [7, 11) is 0. The van der Waals surface area contributed by atoms with E-state index in [1.165, 1.54) is 6.92 Å². The first-order valence-corrected chi connectivity index (χ1v) is 1.19. The van der Waals surface area contributed by atoms with E-state index in [1.807, 2.05) is 0 Å². The van der Waals surface area contributed by atoms with Crippen molar-refractivity contribution >= 4 is 5.90 Å². The standard InChI is InChI=1S/C2H6N2O/c1-2(3)5-4/h3H,4H2,1H3. The van der Waals surface area contributed by atoms with Crippen molar-refractivity contribution < 1.29 is 4.84 Å². The van der Waals surface area contributed by atoms with Crippen LogP contribution in [-0.4, -0.2) is 5.90 Å². The zero-order valence-corrected chi connectivity index (χ0v) is 2.99. The third-order valence-corrected chi connectivity index (χ3v) is 0.177. The molecule has 30 valence electrons. The zero-order valence-electron chi connectivity index (χ0n) is 2.99. The lowest BCUT2D eigenvalue weighted by molar-refractivity contribution is 0.315. The van der Waals surface area contributed by atoms with Crippen LogP contribution < -0.4 is 5.90 Å². The Bertz CT molecular complexity index is 42.9. The van der Waals surface area contributed by atoms with Crippen molar-refractivity contribution in [3.63, 3.8) is 0 Å². The minimum atomic E-state index is 0.0324. The fourth-order valence-corrected chi connectivity index (χ4v) is 0. The lowest BCUT2D eigenvalue weighted by Crippen LogP contribution is -2.02. The molecule has 0 bridgehead atoms. The van der Waals surface area contributed by atoms with Crippen LogP contribution in [-0.2, 0) is 4.84 Å². The molecule has 0 saturated carbocycles. The average Bonchev–Trinajstić information content (AvgIpc) is 1.38. The van der Waals surface area contributed by atoms with E-state index in [0.717, 1.165) is 0 Å². The SMILES string of the molecule is CC(=N)ON. The number of nitrogens with two attached hydrogens (primary N) is 1. The molecule has 0 aliphatic rings. The molecule has 0 aromatic rings. The van der Waals surface area contributed by atoms with Crippen LogP contribution in [0.25, 0.3) is 0 Å². The molecule has 0 aromatic heterocycles. The molecule has 0 amide bonds. The van der Waals surface area contributed by atoms with Crippen LogP contribution >= 0.6 is 0 Å². The quantitative estimate of drug-likeness (QED) is 0.239. The highest BCUT2D eigenvalue weighted by Gasteiger charge is 1.70. The molecule has 0 rings (SSSR count). The minimum absolute atomic E-state index is 0.0324. The molecule has 0 saturated heterocycles. The number of rotatable bonds is 0. The van der Waals surface area contributed by atoms with Gasteiger partial charge in [-0.25, -0.2) is 0 Å². The van der Waals surface area contributed by atoms with E-state index in [0.29, 0.717) is 0 Å². The Kier molecular flexibility index (Phi) is 1.53. The van der Waals surface area contributed by atoms with Crippen LogP contribution in [0.1, 0.15) is 6.92 Å². The van der Waals surface area contributed by atoms with E-state index in [1.54, 1.807) is 0 Å². The van der Waals surface area contributed by atoms with Gasteiger partial charge in [0.05, 0.1) is 0 Å². The first kappa shape index (κ1) is 4.43. The highest BCUT2D eigenvalue weighted by molar-refractivity contribution is 5.68. The van der Waals surface area contributed by atoms with Crippen LogP contribution in [0.2, 0.25) is 0 Å². The fraction of sp³-hybridized carbons (Fsp3) is 0.500. The van der Waals surface area contributed by atoms with Gasteiger partial charge in [0.1, 0.15) is 0 Å². The van der Waals surface area contributed by atoms with Crippen molar-refractivity contribution in [2.45, 2.75) is 6.92 Å². The predicted octanol–water partition coefficient (Wildman–Crippen LogP) is -0.126. The van der Waals surface area contributed by atoms with Gasteiger partial charge in [-0.15, -0.1) is 0 Å². The summed E-state index contributed by atoms with van der Waals surface area (Å²) in [5.41, 5.74) is 0. The van der Waals surface area contributed by atoms with Crippen LogP contribution in [0.4, 0.5) is 0 Å². The maximum Gasteiger partial charge on any atom is 0.203 e. The van der Waals surface area contributed by atoms with E-state index < -0.39 is 0 Å². The lowest BCUT2D eigenvalue weighted by Gasteiger charge is -1.84. The topological polar surface area (TPSA) is 59.1 Å². The fourth-order valence-electron chi connectivity index (χ4n) is 0. The monoisotopic (exact) mass is 74.0 g/mol. The Morgan fingerprint density at radius 2 is 2.20 bits per heavy atom. The summed E-state index contributed by atoms with van der Waals surface area (Å²) >= 11 is 0. The van der Waals surface area contributed by atoms with E-state index in [4.69, 9.17) is 5.41 Å². The van der Waals surface area contributed by atoms with Crippen LogP contribution in [0.3, 0.4) is 0 Å². The second kappa shape index (κ2) is 1.72. The molecule has 0 unspecified atom stereocenters. The van der Waals surface area contributed by atoms with Crippen molar-refractivity contribution in [1.29, 1.82) is 5.41 Å². The third-order valence-electron chi connectivity index (χ3n) is 0.177. The highest BCUT2D eigenvalue weighted by Crippen LogP contribution is 1.57. The first-order valence-electron chi connectivity index (χ1n) is 1.19. The van der Waals surface area contributed by atoms with Crippen molar-refractivity contribution in [2.24, 2.45) is 5.90 Å². The van der Waals surface area contributed by atoms with Gasteiger partial charge in [0, 0.05) is 6.92 Å². The van der Waals surface area contributed by atoms with Crippen LogP contribution in [0.15, 0.2) is 0 Å². The molecule has 3 heteroatoms. The van der Waals surface area contributed by atoms with Gasteiger partial charge in [-0.1, -0.05) is 0 Å². The summed E-state index contributed by atoms with van der Waals surface area (Å²) in [6.45, 7) is 1.46. The van der Waals surface area contributed by atoms with Crippen molar-refractivity contribution in [1.82, 2.24) is 0 Å². The Balaban J connectivity index is 2.85. The summed E-state index contributed by atoms with van der Waals surface area (Å²) in [5.74, 6) is 4.48. The Hall–Kier alpha value is -0.570. The van der Waals surface area contributed by atoms with Gasteiger partial charge >= 0.3 is 0 Å². The first-order chi connectivity index (χ1) is 2.27. The van der Waals surface area contributed by atoms with Crippen LogP contribution in [0, 0.1) is 5.41 Å². The van der Waals surface area contributed by atoms with E-state index in [-0.39, 0.29) is 5.90 Å². The predicted molar refractivity (Wildman–Crippen MR) is 18.7 cm³/mol. The largest absolute Gasteiger partial charge is 0.397 e. The summed E-state index contributed by atoms with van der Waals surface area (Å²) in [6, 6.07) is 0. The van der Waals surface area contributed by atoms with Gasteiger partial charge in [-0.2, -0.15) is 5.90 Å². The third kappa shape index (κ3) is 3.43. The van der Waals surface area contributed by atoms with Gasteiger partial charge in [-0.3, -0.25) is 5.41 Å². The van der Waals surface area contributed by atoms with Gasteiger partial charge in [0.2, 0.25) is 5.90 Å². The van der Waals surface area contributed by atoms with Crippen molar-refractivity contribution in [3.8, 4) is 0 Å². The van der Waals surface area contributed by atoms with Crippen LogP contribution in [0.5, 0.6) is 0 Å². The number of hydrogen-bond acceptors (Lipinski definition) is 3. The Morgan fingerprint density at radius 1 is 2.00 bits per heavy atom. The van der Waals surface area contributed by atoms with Gasteiger partial charge < -0.3 is 4.84 Å². The highest BCUT2D eigenvalue weighted by atomic mass is 16.6. The molecule has 5 heavy (non-hydrogen) atoms. The van der Waals surface area contributed by atoms with Gasteiger partial charge in [-0.05, 0) is 0 Å². The van der Waals surface area contributed by atoms with E-state index >= 15 is 0 Å². The smallest absolute Gasteiger partial charge is 0.203 e. The zero-order chi connectivity index (χ0) is 4.28. The summed E-state index contributed by atoms with van der Waals surface area (Å²) < 4.78 is 0. The molecule has 3 nitrogen and oxygen atoms in total. The molecule has 0 aliphatic heterocycles. The molecular formula is C2H6N2O. The van der Waals surface area contributed by atoms with Crippen molar-refractivity contribution in [3.05, 3.63) is 0 Å². The molecule has 0 heterocycles. The Morgan fingerprint density at radius 3 is 2.20 bits per heavy atom. The normalized spacial score (nSPS) is 6.80. The average molecular weight is 74.1 g/mol. The van der Waals surface area contributed by atoms with Gasteiger partial charge in [0.25, 0.3) is 0 Å². The molecular weight excluding hydrogens is 68.0 g/mol. The molecule has 3 N–H and O–H groups in total. The second-order valence-electron chi connectivity index (χ2n) is 0.674. The van der Waals surface area contributed by atoms with E-state index in [9.17, 15) is 0 Å². The van der Waals surface area contributed by atoms with Crippen molar-refractivity contribution in [2.75, 3.05) is 0 Å². The summed E-state index contributed by atoms with van der Waals surface area (Å²) in [6.07, 6.45) is 0. The maximum atomic E-state index is 6.40. The molecule has 0 aromatic carbocycles. The number of nitrogens with one attached hydrogen (secondary N) is 1. The molecule has 0 aliphatic carbocycles. The number of hydrogen-bond donors (Lipinski definition) is 2. The molecule has 0 fully saturated rings. The minimum Gasteiger partial charge on any atom is -0.397 e. The Labute approximate surface area is 30.2 Å². The van der Waals surface area contributed by atoms with E-state index in [2.05, 4.69) is 10.7 Å². The molecule has 0 spiro atoms. The second-order valence-corrected chi connectivity index (χ2v) is 0.674.